The van der Waals surface area contributed by atoms with E-state index in [-0.39, 0.29) is 23.9 Å². The molecule has 1 heterocycles. The molecule has 0 saturated carbocycles. The van der Waals surface area contributed by atoms with Crippen LogP contribution in [0.3, 0.4) is 0 Å². The van der Waals surface area contributed by atoms with Gasteiger partial charge in [0.05, 0.1) is 12.5 Å². The zero-order chi connectivity index (χ0) is 28.4. The smallest absolute Gasteiger partial charge is 0.240 e. The molecular formula is C35H40N4O2. The number of amides is 2. The summed E-state index contributed by atoms with van der Waals surface area (Å²) in [6.45, 7) is 2.33. The van der Waals surface area contributed by atoms with Crippen molar-refractivity contribution in [3.63, 3.8) is 0 Å². The normalized spacial score (nSPS) is 17.4. The molecule has 0 radical (unpaired) electrons. The minimum absolute atomic E-state index is 0.0119. The number of hydrogen-bond donors (Lipinski definition) is 3. The third-order valence-electron chi connectivity index (χ3n) is 7.95. The molecule has 2 atom stereocenters. The van der Waals surface area contributed by atoms with Gasteiger partial charge in [0.25, 0.3) is 0 Å². The minimum atomic E-state index is -0.286. The standard InChI is InChI=1S/C35H40N4O2/c36-21-7-6-15-33-35(41)39(25-30-13-8-12-29-11-4-5-14-32(29)30)22-20-31(38-33)24-37-34(40)23-26-16-18-28(19-17-26)27-9-2-1-3-10-27/h1-5,8-14,16-19,31,33,38H,6-7,15,20-25,36H2,(H,37,40). The van der Waals surface area contributed by atoms with Crippen LogP contribution in [0, 0.1) is 0 Å². The molecule has 0 spiro atoms. The fourth-order valence-electron chi connectivity index (χ4n) is 5.67. The molecule has 1 aliphatic rings. The van der Waals surface area contributed by atoms with Gasteiger partial charge in [0, 0.05) is 25.7 Å². The number of fused-ring (bicyclic) bond motifs is 1. The zero-order valence-electron chi connectivity index (χ0n) is 23.6. The molecule has 2 amide bonds. The van der Waals surface area contributed by atoms with Crippen LogP contribution < -0.4 is 16.4 Å². The van der Waals surface area contributed by atoms with Gasteiger partial charge in [0.2, 0.25) is 11.8 Å². The number of nitrogens with zero attached hydrogens (tertiary/aromatic N) is 1. The van der Waals surface area contributed by atoms with Crippen molar-refractivity contribution in [2.75, 3.05) is 19.6 Å². The number of carbonyl (C=O) groups is 2. The summed E-state index contributed by atoms with van der Waals surface area (Å²) >= 11 is 0. The van der Waals surface area contributed by atoms with Gasteiger partial charge in [-0.1, -0.05) is 103 Å². The molecule has 1 aliphatic heterocycles. The van der Waals surface area contributed by atoms with Gasteiger partial charge in [-0.3, -0.25) is 9.59 Å². The summed E-state index contributed by atoms with van der Waals surface area (Å²) in [5.41, 5.74) is 10.2. The maximum Gasteiger partial charge on any atom is 0.240 e. The molecule has 4 N–H and O–H groups in total. The monoisotopic (exact) mass is 548 g/mol. The Bertz CT molecular complexity index is 1430. The molecule has 0 aromatic heterocycles. The molecule has 5 rings (SSSR count). The topological polar surface area (TPSA) is 87.5 Å². The van der Waals surface area contributed by atoms with Gasteiger partial charge in [0.1, 0.15) is 0 Å². The number of carbonyl (C=O) groups excluding carboxylic acids is 2. The quantitative estimate of drug-likeness (QED) is 0.229. The Morgan fingerprint density at radius 3 is 2.41 bits per heavy atom. The van der Waals surface area contributed by atoms with E-state index < -0.39 is 0 Å². The van der Waals surface area contributed by atoms with Crippen molar-refractivity contribution in [2.45, 2.75) is 50.7 Å². The van der Waals surface area contributed by atoms with Gasteiger partial charge >= 0.3 is 0 Å². The van der Waals surface area contributed by atoms with E-state index in [1.807, 2.05) is 47.4 Å². The Morgan fingerprint density at radius 2 is 1.61 bits per heavy atom. The molecule has 1 saturated heterocycles. The summed E-state index contributed by atoms with van der Waals surface area (Å²) < 4.78 is 0. The maximum absolute atomic E-state index is 13.7. The van der Waals surface area contributed by atoms with Gasteiger partial charge in [-0.2, -0.15) is 0 Å². The van der Waals surface area contributed by atoms with Crippen molar-refractivity contribution in [1.29, 1.82) is 0 Å². The number of nitrogens with one attached hydrogen (secondary N) is 2. The Morgan fingerprint density at radius 1 is 0.878 bits per heavy atom. The fourth-order valence-corrected chi connectivity index (χ4v) is 5.67. The largest absolute Gasteiger partial charge is 0.354 e. The van der Waals surface area contributed by atoms with Gasteiger partial charge in [-0.25, -0.2) is 0 Å². The fraction of sp³-hybridized carbons (Fsp3) is 0.314. The highest BCUT2D eigenvalue weighted by Gasteiger charge is 2.30. The van der Waals surface area contributed by atoms with Crippen LogP contribution in [0.1, 0.15) is 36.8 Å². The summed E-state index contributed by atoms with van der Waals surface area (Å²) in [7, 11) is 0. The van der Waals surface area contributed by atoms with Gasteiger partial charge in [0.15, 0.2) is 0 Å². The Labute approximate surface area is 242 Å². The second-order valence-electron chi connectivity index (χ2n) is 10.9. The highest BCUT2D eigenvalue weighted by Crippen LogP contribution is 2.23. The van der Waals surface area contributed by atoms with E-state index in [4.69, 9.17) is 5.73 Å². The van der Waals surface area contributed by atoms with Gasteiger partial charge < -0.3 is 21.3 Å². The van der Waals surface area contributed by atoms with Crippen LogP contribution in [-0.2, 0) is 22.6 Å². The van der Waals surface area contributed by atoms with E-state index in [1.54, 1.807) is 0 Å². The predicted molar refractivity (Wildman–Crippen MR) is 166 cm³/mol. The third kappa shape index (κ3) is 7.60. The van der Waals surface area contributed by atoms with Crippen molar-refractivity contribution < 1.29 is 9.59 Å². The van der Waals surface area contributed by atoms with E-state index in [2.05, 4.69) is 65.2 Å². The summed E-state index contributed by atoms with van der Waals surface area (Å²) in [6, 6.07) is 32.7. The number of nitrogens with two attached hydrogens (primary N) is 1. The predicted octanol–water partition coefficient (Wildman–Crippen LogP) is 5.05. The molecule has 4 aromatic rings. The van der Waals surface area contributed by atoms with E-state index in [9.17, 15) is 9.59 Å². The first-order valence-corrected chi connectivity index (χ1v) is 14.7. The average molecular weight is 549 g/mol. The molecule has 1 fully saturated rings. The molecule has 0 bridgehead atoms. The summed E-state index contributed by atoms with van der Waals surface area (Å²) in [5.74, 6) is 0.115. The Kier molecular flexibility index (Phi) is 9.78. The van der Waals surface area contributed by atoms with Crippen molar-refractivity contribution in [3.8, 4) is 11.1 Å². The first-order valence-electron chi connectivity index (χ1n) is 14.7. The van der Waals surface area contributed by atoms with Gasteiger partial charge in [-0.15, -0.1) is 0 Å². The first kappa shape index (κ1) is 28.5. The third-order valence-corrected chi connectivity index (χ3v) is 7.95. The van der Waals surface area contributed by atoms with Crippen molar-refractivity contribution in [2.24, 2.45) is 5.73 Å². The van der Waals surface area contributed by atoms with Crippen LogP contribution in [0.5, 0.6) is 0 Å². The lowest BCUT2D eigenvalue weighted by Crippen LogP contribution is -2.48. The number of hydrogen-bond acceptors (Lipinski definition) is 4. The van der Waals surface area contributed by atoms with E-state index in [0.29, 0.717) is 32.6 Å². The molecule has 41 heavy (non-hydrogen) atoms. The van der Waals surface area contributed by atoms with Crippen molar-refractivity contribution in [1.82, 2.24) is 15.5 Å². The summed E-state index contributed by atoms with van der Waals surface area (Å²) in [5, 5.41) is 9.05. The first-order chi connectivity index (χ1) is 20.1. The van der Waals surface area contributed by atoms with Crippen LogP contribution >= 0.6 is 0 Å². The van der Waals surface area contributed by atoms with Crippen LogP contribution in [-0.4, -0.2) is 48.4 Å². The highest BCUT2D eigenvalue weighted by atomic mass is 16.2. The molecule has 2 unspecified atom stereocenters. The second-order valence-corrected chi connectivity index (χ2v) is 10.9. The Balaban J connectivity index is 1.20. The lowest BCUT2D eigenvalue weighted by molar-refractivity contribution is -0.133. The number of rotatable bonds is 11. The maximum atomic E-state index is 13.7. The number of benzene rings is 4. The molecule has 6 heteroatoms. The van der Waals surface area contributed by atoms with Gasteiger partial charge in [-0.05, 0) is 58.8 Å². The molecule has 212 valence electrons. The van der Waals surface area contributed by atoms with E-state index in [0.717, 1.165) is 47.9 Å². The highest BCUT2D eigenvalue weighted by molar-refractivity contribution is 5.87. The lowest BCUT2D eigenvalue weighted by atomic mass is 10.0. The molecule has 4 aromatic carbocycles. The molecule has 6 nitrogen and oxygen atoms in total. The van der Waals surface area contributed by atoms with Crippen molar-refractivity contribution in [3.05, 3.63) is 108 Å². The lowest BCUT2D eigenvalue weighted by Gasteiger charge is -2.25. The second kappa shape index (κ2) is 14.1. The van der Waals surface area contributed by atoms with E-state index in [1.165, 1.54) is 10.8 Å². The number of unbranched alkanes of at least 4 members (excludes halogenated alkanes) is 1. The summed E-state index contributed by atoms with van der Waals surface area (Å²) in [4.78, 5) is 28.5. The van der Waals surface area contributed by atoms with Crippen LogP contribution in [0.2, 0.25) is 0 Å². The van der Waals surface area contributed by atoms with Crippen LogP contribution in [0.4, 0.5) is 0 Å². The SMILES string of the molecule is NCCCCC1NC(CNC(=O)Cc2ccc(-c3ccccc3)cc2)CCN(Cc2cccc3ccccc23)C1=O. The molecule has 0 aliphatic carbocycles. The minimum Gasteiger partial charge on any atom is -0.354 e. The van der Waals surface area contributed by atoms with Crippen LogP contribution in [0.25, 0.3) is 21.9 Å². The Hall–Kier alpha value is -4.00. The zero-order valence-corrected chi connectivity index (χ0v) is 23.6. The van der Waals surface area contributed by atoms with Crippen molar-refractivity contribution >= 4 is 22.6 Å². The molecular weight excluding hydrogens is 508 g/mol. The van der Waals surface area contributed by atoms with E-state index >= 15 is 0 Å². The summed E-state index contributed by atoms with van der Waals surface area (Å²) in [6.07, 6.45) is 3.61. The van der Waals surface area contributed by atoms with Crippen LogP contribution in [0.15, 0.2) is 97.1 Å². The average Bonchev–Trinajstić information content (AvgIpc) is 3.15.